The van der Waals surface area contributed by atoms with Crippen LogP contribution >= 0.6 is 0 Å². The zero-order valence-electron chi connectivity index (χ0n) is 10.9. The summed E-state index contributed by atoms with van der Waals surface area (Å²) in [5.74, 6) is 1.01. The highest BCUT2D eigenvalue weighted by Gasteiger charge is 2.30. The zero-order chi connectivity index (χ0) is 13.2. The Balaban J connectivity index is 2.06. The molecular formula is C17H16O2. The molecule has 1 heterocycles. The normalized spacial score (nSPS) is 22.3. The van der Waals surface area contributed by atoms with Crippen LogP contribution in [0.3, 0.4) is 0 Å². The van der Waals surface area contributed by atoms with E-state index in [1.807, 2.05) is 36.4 Å². The van der Waals surface area contributed by atoms with E-state index in [4.69, 9.17) is 4.74 Å². The Morgan fingerprint density at radius 1 is 1.00 bits per heavy atom. The summed E-state index contributed by atoms with van der Waals surface area (Å²) in [4.78, 5) is 12.0. The Morgan fingerprint density at radius 2 is 1.68 bits per heavy atom. The van der Waals surface area contributed by atoms with Crippen molar-refractivity contribution < 1.29 is 9.53 Å². The van der Waals surface area contributed by atoms with Crippen molar-refractivity contribution in [1.29, 1.82) is 0 Å². The number of carbonyl (C=O) groups is 1. The molecule has 0 amide bonds. The summed E-state index contributed by atoms with van der Waals surface area (Å²) in [5.41, 5.74) is 2.31. The van der Waals surface area contributed by atoms with Crippen molar-refractivity contribution in [2.45, 2.75) is 25.2 Å². The van der Waals surface area contributed by atoms with Gasteiger partial charge >= 0.3 is 5.97 Å². The predicted octanol–water partition coefficient (Wildman–Crippen LogP) is 3.88. The number of ether oxygens (including phenoxy) is 1. The summed E-state index contributed by atoms with van der Waals surface area (Å²) in [5, 5.41) is 0. The fraction of sp³-hybridized carbons (Fsp3) is 0.235. The molecule has 2 unspecified atom stereocenters. The highest BCUT2D eigenvalue weighted by atomic mass is 16.5. The van der Waals surface area contributed by atoms with Crippen LogP contribution in [0.1, 0.15) is 36.3 Å². The van der Waals surface area contributed by atoms with Crippen molar-refractivity contribution in [3.63, 3.8) is 0 Å². The Labute approximate surface area is 113 Å². The first kappa shape index (κ1) is 12.0. The number of fused-ring (bicyclic) bond motifs is 1. The molecule has 2 aromatic rings. The van der Waals surface area contributed by atoms with Gasteiger partial charge in [-0.05, 0) is 23.1 Å². The second-order valence-corrected chi connectivity index (χ2v) is 5.02. The first-order valence-corrected chi connectivity index (χ1v) is 6.60. The van der Waals surface area contributed by atoms with E-state index in [0.29, 0.717) is 12.2 Å². The largest absolute Gasteiger partial charge is 0.426 e. The molecule has 0 N–H and O–H groups in total. The molecule has 2 heteroatoms. The summed E-state index contributed by atoms with van der Waals surface area (Å²) >= 11 is 0. The number of carbonyl (C=O) groups excluding carboxylic acids is 1. The molecular weight excluding hydrogens is 236 g/mol. The molecule has 2 atom stereocenters. The average Bonchev–Trinajstić information content (AvgIpc) is 2.57. The van der Waals surface area contributed by atoms with Crippen molar-refractivity contribution in [3.8, 4) is 5.75 Å². The molecule has 19 heavy (non-hydrogen) atoms. The van der Waals surface area contributed by atoms with Gasteiger partial charge in [-0.1, -0.05) is 55.5 Å². The smallest absolute Gasteiger partial charge is 0.311 e. The maximum Gasteiger partial charge on any atom is 0.311 e. The SMILES string of the molecule is CC1c2ccccc2OC(=O)CC1c1ccccc1. The zero-order valence-corrected chi connectivity index (χ0v) is 10.9. The van der Waals surface area contributed by atoms with Crippen LogP contribution in [-0.2, 0) is 4.79 Å². The number of rotatable bonds is 1. The van der Waals surface area contributed by atoms with Gasteiger partial charge in [-0.3, -0.25) is 4.79 Å². The topological polar surface area (TPSA) is 26.3 Å². The van der Waals surface area contributed by atoms with E-state index in [0.717, 1.165) is 5.56 Å². The second-order valence-electron chi connectivity index (χ2n) is 5.02. The summed E-state index contributed by atoms with van der Waals surface area (Å²) in [6.07, 6.45) is 0.430. The molecule has 0 saturated heterocycles. The fourth-order valence-electron chi connectivity index (χ4n) is 2.79. The van der Waals surface area contributed by atoms with Crippen molar-refractivity contribution in [1.82, 2.24) is 0 Å². The Morgan fingerprint density at radius 3 is 2.47 bits per heavy atom. The molecule has 3 rings (SSSR count). The van der Waals surface area contributed by atoms with E-state index in [-0.39, 0.29) is 17.8 Å². The van der Waals surface area contributed by atoms with Gasteiger partial charge in [0.1, 0.15) is 5.75 Å². The third kappa shape index (κ3) is 2.26. The Hall–Kier alpha value is -2.09. The lowest BCUT2D eigenvalue weighted by Gasteiger charge is -2.21. The monoisotopic (exact) mass is 252 g/mol. The van der Waals surface area contributed by atoms with Crippen LogP contribution in [0.15, 0.2) is 54.6 Å². The van der Waals surface area contributed by atoms with Gasteiger partial charge in [0.05, 0.1) is 6.42 Å². The van der Waals surface area contributed by atoms with Crippen LogP contribution in [-0.4, -0.2) is 5.97 Å². The van der Waals surface area contributed by atoms with Crippen LogP contribution in [0.2, 0.25) is 0 Å². The molecule has 0 aliphatic carbocycles. The highest BCUT2D eigenvalue weighted by Crippen LogP contribution is 2.41. The molecule has 2 nitrogen and oxygen atoms in total. The summed E-state index contributed by atoms with van der Waals surface area (Å²) in [7, 11) is 0. The summed E-state index contributed by atoms with van der Waals surface area (Å²) < 4.78 is 5.44. The van der Waals surface area contributed by atoms with Gasteiger partial charge in [0.25, 0.3) is 0 Å². The van der Waals surface area contributed by atoms with Crippen LogP contribution in [0, 0.1) is 0 Å². The molecule has 0 fully saturated rings. The number of benzene rings is 2. The van der Waals surface area contributed by atoms with Crippen molar-refractivity contribution in [2.75, 3.05) is 0 Å². The van der Waals surface area contributed by atoms with Crippen LogP contribution in [0.25, 0.3) is 0 Å². The summed E-state index contributed by atoms with van der Waals surface area (Å²) in [6.45, 7) is 2.17. The maximum atomic E-state index is 12.0. The van der Waals surface area contributed by atoms with Crippen LogP contribution in [0.4, 0.5) is 0 Å². The molecule has 0 saturated carbocycles. The minimum atomic E-state index is -0.148. The Bertz CT molecular complexity index is 589. The summed E-state index contributed by atoms with van der Waals surface area (Å²) in [6, 6.07) is 18.0. The van der Waals surface area contributed by atoms with Crippen molar-refractivity contribution in [3.05, 3.63) is 65.7 Å². The van der Waals surface area contributed by atoms with Gasteiger partial charge in [0.15, 0.2) is 0 Å². The van der Waals surface area contributed by atoms with Gasteiger partial charge in [-0.25, -0.2) is 0 Å². The molecule has 0 radical (unpaired) electrons. The maximum absolute atomic E-state index is 12.0. The van der Waals surface area contributed by atoms with Gasteiger partial charge < -0.3 is 4.74 Å². The van der Waals surface area contributed by atoms with E-state index in [1.54, 1.807) is 0 Å². The first-order chi connectivity index (χ1) is 9.25. The molecule has 0 bridgehead atoms. The van der Waals surface area contributed by atoms with E-state index in [9.17, 15) is 4.79 Å². The highest BCUT2D eigenvalue weighted by molar-refractivity contribution is 5.75. The van der Waals surface area contributed by atoms with E-state index >= 15 is 0 Å². The molecule has 0 aromatic heterocycles. The quantitative estimate of drug-likeness (QED) is 0.568. The first-order valence-electron chi connectivity index (χ1n) is 6.60. The molecule has 1 aliphatic rings. The van der Waals surface area contributed by atoms with Gasteiger partial charge in [0, 0.05) is 5.92 Å². The molecule has 96 valence electrons. The van der Waals surface area contributed by atoms with Gasteiger partial charge in [-0.15, -0.1) is 0 Å². The van der Waals surface area contributed by atoms with E-state index in [2.05, 4.69) is 25.1 Å². The molecule has 2 aromatic carbocycles. The number of esters is 1. The third-order valence-electron chi connectivity index (χ3n) is 3.85. The van der Waals surface area contributed by atoms with Crippen molar-refractivity contribution in [2.24, 2.45) is 0 Å². The number of hydrogen-bond donors (Lipinski definition) is 0. The number of para-hydroxylation sites is 1. The lowest BCUT2D eigenvalue weighted by atomic mass is 9.81. The van der Waals surface area contributed by atoms with E-state index < -0.39 is 0 Å². The minimum Gasteiger partial charge on any atom is -0.426 e. The van der Waals surface area contributed by atoms with Gasteiger partial charge in [0.2, 0.25) is 0 Å². The lowest BCUT2D eigenvalue weighted by molar-refractivity contribution is -0.134. The predicted molar refractivity (Wildman–Crippen MR) is 74.3 cm³/mol. The van der Waals surface area contributed by atoms with Crippen LogP contribution < -0.4 is 4.74 Å². The standard InChI is InChI=1S/C17H16O2/c1-12-14-9-5-6-10-16(14)19-17(18)11-15(12)13-7-3-2-4-8-13/h2-10,12,15H,11H2,1H3. The average molecular weight is 252 g/mol. The van der Waals surface area contributed by atoms with Crippen molar-refractivity contribution >= 4 is 5.97 Å². The van der Waals surface area contributed by atoms with Crippen LogP contribution in [0.5, 0.6) is 5.75 Å². The van der Waals surface area contributed by atoms with Gasteiger partial charge in [-0.2, -0.15) is 0 Å². The fourth-order valence-corrected chi connectivity index (χ4v) is 2.79. The molecule has 0 spiro atoms. The van der Waals surface area contributed by atoms with E-state index in [1.165, 1.54) is 5.56 Å². The minimum absolute atomic E-state index is 0.148. The lowest BCUT2D eigenvalue weighted by Crippen LogP contribution is -2.12. The second kappa shape index (κ2) is 4.88. The number of hydrogen-bond acceptors (Lipinski definition) is 2. The Kier molecular flexibility index (Phi) is 3.08. The third-order valence-corrected chi connectivity index (χ3v) is 3.85. The molecule has 1 aliphatic heterocycles.